The first kappa shape index (κ1) is 21.4. The van der Waals surface area contributed by atoms with Crippen LogP contribution in [0.15, 0.2) is 4.99 Å². The van der Waals surface area contributed by atoms with Crippen molar-refractivity contribution in [3.63, 3.8) is 0 Å². The molecule has 1 saturated carbocycles. The van der Waals surface area contributed by atoms with E-state index < -0.39 is 0 Å². The Bertz CT molecular complexity index is 493. The maximum atomic E-state index is 12.6. The van der Waals surface area contributed by atoms with Gasteiger partial charge in [0.1, 0.15) is 0 Å². The van der Waals surface area contributed by atoms with Crippen LogP contribution in [0.25, 0.3) is 0 Å². The number of ether oxygens (including phenoxy) is 1. The van der Waals surface area contributed by atoms with E-state index in [4.69, 9.17) is 9.73 Å². The average molecular weight is 394 g/mol. The number of piperazine rings is 1. The summed E-state index contributed by atoms with van der Waals surface area (Å²) in [6, 6.07) is 0. The lowest BCUT2D eigenvalue weighted by Crippen LogP contribution is -2.54. The van der Waals surface area contributed by atoms with Crippen LogP contribution >= 0.6 is 0 Å². The lowest BCUT2D eigenvalue weighted by Gasteiger charge is -2.37. The van der Waals surface area contributed by atoms with Gasteiger partial charge in [-0.3, -0.25) is 14.7 Å². The van der Waals surface area contributed by atoms with Crippen molar-refractivity contribution >= 4 is 11.9 Å². The number of carbonyl (C=O) groups excluding carboxylic acids is 1. The Morgan fingerprint density at radius 3 is 2.36 bits per heavy atom. The van der Waals surface area contributed by atoms with Crippen molar-refractivity contribution in [2.45, 2.75) is 45.4 Å². The highest BCUT2D eigenvalue weighted by Crippen LogP contribution is 2.28. The topological polar surface area (TPSA) is 60.4 Å². The molecule has 0 bridgehead atoms. The van der Waals surface area contributed by atoms with E-state index in [9.17, 15) is 4.79 Å². The molecule has 28 heavy (non-hydrogen) atoms. The lowest BCUT2D eigenvalue weighted by atomic mass is 10.2. The Labute approximate surface area is 170 Å². The van der Waals surface area contributed by atoms with Gasteiger partial charge in [0, 0.05) is 52.4 Å². The Kier molecular flexibility index (Phi) is 8.86. The lowest BCUT2D eigenvalue weighted by molar-refractivity contribution is -0.132. The summed E-state index contributed by atoms with van der Waals surface area (Å²) in [6.45, 7) is 11.4. The van der Waals surface area contributed by atoms with Crippen molar-refractivity contribution in [2.24, 2.45) is 10.9 Å². The molecular weight excluding hydrogens is 354 g/mol. The van der Waals surface area contributed by atoms with Gasteiger partial charge in [-0.25, -0.2) is 0 Å². The summed E-state index contributed by atoms with van der Waals surface area (Å²) in [5, 5.41) is 3.41. The second kappa shape index (κ2) is 11.6. The fourth-order valence-corrected chi connectivity index (χ4v) is 3.91. The van der Waals surface area contributed by atoms with Crippen molar-refractivity contribution in [2.75, 3.05) is 72.1 Å². The highest BCUT2D eigenvalue weighted by molar-refractivity contribution is 5.80. The van der Waals surface area contributed by atoms with Crippen LogP contribution in [0.1, 0.15) is 45.4 Å². The van der Waals surface area contributed by atoms with Crippen LogP contribution in [0.5, 0.6) is 0 Å². The first-order valence-corrected chi connectivity index (χ1v) is 11.4. The van der Waals surface area contributed by atoms with E-state index in [2.05, 4.69) is 26.9 Å². The number of nitrogens with zero attached hydrogens (tertiary/aromatic N) is 4. The molecule has 0 aromatic heterocycles. The van der Waals surface area contributed by atoms with Crippen molar-refractivity contribution in [3.05, 3.63) is 0 Å². The highest BCUT2D eigenvalue weighted by atomic mass is 16.5. The second-order valence-corrected chi connectivity index (χ2v) is 8.31. The molecule has 160 valence electrons. The van der Waals surface area contributed by atoms with E-state index in [1.54, 1.807) is 0 Å². The van der Waals surface area contributed by atoms with E-state index in [0.29, 0.717) is 25.6 Å². The minimum absolute atomic E-state index is 0.309. The predicted octanol–water partition coefficient (Wildman–Crippen LogP) is 1.40. The van der Waals surface area contributed by atoms with E-state index in [0.717, 1.165) is 77.1 Å². The third-order valence-electron chi connectivity index (χ3n) is 5.87. The number of guanidine groups is 1. The fourth-order valence-electron chi connectivity index (χ4n) is 3.91. The SMILES string of the molecule is CCNC(=NCCOCC1CC1)N1CCN(CC(=O)N2CCCCCC2)CC1. The molecule has 2 aliphatic heterocycles. The Hall–Kier alpha value is -1.34. The summed E-state index contributed by atoms with van der Waals surface area (Å²) in [7, 11) is 0. The summed E-state index contributed by atoms with van der Waals surface area (Å²) in [6.07, 6.45) is 7.51. The molecule has 3 aliphatic rings. The molecule has 0 spiro atoms. The van der Waals surface area contributed by atoms with Gasteiger partial charge in [-0.15, -0.1) is 0 Å². The Morgan fingerprint density at radius 2 is 1.71 bits per heavy atom. The van der Waals surface area contributed by atoms with Crippen LogP contribution in [-0.4, -0.2) is 98.7 Å². The first-order valence-electron chi connectivity index (χ1n) is 11.4. The zero-order valence-corrected chi connectivity index (χ0v) is 17.7. The van der Waals surface area contributed by atoms with Crippen molar-refractivity contribution in [3.8, 4) is 0 Å². The fraction of sp³-hybridized carbons (Fsp3) is 0.905. The molecule has 0 radical (unpaired) electrons. The van der Waals surface area contributed by atoms with Gasteiger partial charge in [-0.05, 0) is 38.5 Å². The number of rotatable bonds is 8. The van der Waals surface area contributed by atoms with Crippen LogP contribution in [0.3, 0.4) is 0 Å². The summed E-state index contributed by atoms with van der Waals surface area (Å²) < 4.78 is 5.70. The molecule has 0 atom stereocenters. The summed E-state index contributed by atoms with van der Waals surface area (Å²) in [5.74, 6) is 2.10. The van der Waals surface area contributed by atoms with Gasteiger partial charge >= 0.3 is 0 Å². The van der Waals surface area contributed by atoms with Crippen molar-refractivity contribution in [1.82, 2.24) is 20.0 Å². The summed E-state index contributed by atoms with van der Waals surface area (Å²) in [5.41, 5.74) is 0. The van der Waals surface area contributed by atoms with E-state index in [-0.39, 0.29) is 0 Å². The zero-order valence-electron chi connectivity index (χ0n) is 17.7. The smallest absolute Gasteiger partial charge is 0.236 e. The minimum atomic E-state index is 0.309. The Morgan fingerprint density at radius 1 is 1.00 bits per heavy atom. The molecule has 3 rings (SSSR count). The minimum Gasteiger partial charge on any atom is -0.379 e. The first-order chi connectivity index (χ1) is 13.8. The molecule has 0 aromatic rings. The quantitative estimate of drug-likeness (QED) is 0.384. The van der Waals surface area contributed by atoms with Crippen molar-refractivity contribution in [1.29, 1.82) is 0 Å². The second-order valence-electron chi connectivity index (χ2n) is 8.31. The number of hydrogen-bond donors (Lipinski definition) is 1. The maximum absolute atomic E-state index is 12.6. The highest BCUT2D eigenvalue weighted by Gasteiger charge is 2.24. The largest absolute Gasteiger partial charge is 0.379 e. The molecule has 2 saturated heterocycles. The standard InChI is InChI=1S/C21H39N5O2/c1-2-22-21(23-9-16-28-18-19-7-8-19)26-14-12-24(13-15-26)17-20(27)25-10-5-3-4-6-11-25/h19H,2-18H2,1H3,(H,22,23). The van der Waals surface area contributed by atoms with Gasteiger partial charge in [-0.1, -0.05) is 12.8 Å². The normalized spacial score (nSPS) is 22.2. The Balaban J connectivity index is 1.38. The molecule has 1 aliphatic carbocycles. The number of nitrogens with one attached hydrogen (secondary N) is 1. The van der Waals surface area contributed by atoms with Gasteiger partial charge in [0.05, 0.1) is 19.7 Å². The molecule has 7 nitrogen and oxygen atoms in total. The van der Waals surface area contributed by atoms with Crippen LogP contribution in [0.2, 0.25) is 0 Å². The average Bonchev–Trinajstić information content (AvgIpc) is 3.54. The monoisotopic (exact) mass is 393 g/mol. The predicted molar refractivity (Wildman–Crippen MR) is 113 cm³/mol. The van der Waals surface area contributed by atoms with Gasteiger partial charge in [0.2, 0.25) is 5.91 Å². The molecule has 0 aromatic carbocycles. The molecule has 1 amide bonds. The van der Waals surface area contributed by atoms with Crippen LogP contribution in [0.4, 0.5) is 0 Å². The number of carbonyl (C=O) groups is 1. The summed E-state index contributed by atoms with van der Waals surface area (Å²) >= 11 is 0. The molecular formula is C21H39N5O2. The molecule has 2 heterocycles. The molecule has 1 N–H and O–H groups in total. The third-order valence-corrected chi connectivity index (χ3v) is 5.87. The maximum Gasteiger partial charge on any atom is 0.236 e. The van der Waals surface area contributed by atoms with E-state index >= 15 is 0 Å². The number of hydrogen-bond acceptors (Lipinski definition) is 4. The number of amides is 1. The van der Waals surface area contributed by atoms with Crippen LogP contribution < -0.4 is 5.32 Å². The van der Waals surface area contributed by atoms with Crippen LogP contribution in [-0.2, 0) is 9.53 Å². The number of likely N-dealkylation sites (tertiary alicyclic amines) is 1. The van der Waals surface area contributed by atoms with Crippen molar-refractivity contribution < 1.29 is 9.53 Å². The molecule has 3 fully saturated rings. The molecule has 0 unspecified atom stereocenters. The van der Waals surface area contributed by atoms with E-state index in [1.165, 1.54) is 25.7 Å². The van der Waals surface area contributed by atoms with Crippen LogP contribution in [0, 0.1) is 5.92 Å². The number of aliphatic imine (C=N–C) groups is 1. The van der Waals surface area contributed by atoms with Gasteiger partial charge in [0.15, 0.2) is 5.96 Å². The van der Waals surface area contributed by atoms with Gasteiger partial charge < -0.3 is 19.9 Å². The zero-order chi connectivity index (χ0) is 19.6. The van der Waals surface area contributed by atoms with E-state index in [1.807, 2.05) is 0 Å². The molecule has 7 heteroatoms. The van der Waals surface area contributed by atoms with Gasteiger partial charge in [0.25, 0.3) is 0 Å². The summed E-state index contributed by atoms with van der Waals surface area (Å²) in [4.78, 5) is 24.0. The van der Waals surface area contributed by atoms with Gasteiger partial charge in [-0.2, -0.15) is 0 Å². The third kappa shape index (κ3) is 7.24.